The number of rotatable bonds is 3. The van der Waals surface area contributed by atoms with Gasteiger partial charge in [-0.2, -0.15) is 0 Å². The van der Waals surface area contributed by atoms with E-state index in [9.17, 15) is 5.11 Å². The van der Waals surface area contributed by atoms with Crippen molar-refractivity contribution in [3.05, 3.63) is 29.8 Å². The fourth-order valence-corrected chi connectivity index (χ4v) is 1.11. The van der Waals surface area contributed by atoms with E-state index in [2.05, 4.69) is 0 Å². The lowest BCUT2D eigenvalue weighted by Gasteiger charge is -2.01. The van der Waals surface area contributed by atoms with Crippen LogP contribution in [0.1, 0.15) is 12.0 Å². The predicted molar refractivity (Wildman–Crippen MR) is 56.9 cm³/mol. The van der Waals surface area contributed by atoms with Crippen LogP contribution < -0.4 is 5.73 Å². The molecule has 70 valence electrons. The zero-order valence-electron chi connectivity index (χ0n) is 7.20. The maximum atomic E-state index is 9.49. The monoisotopic (exact) mass is 197 g/mol. The number of aromatic hydroxyl groups is 1. The summed E-state index contributed by atoms with van der Waals surface area (Å²) < 4.78 is 0. The van der Waals surface area contributed by atoms with E-state index in [-0.39, 0.29) is 5.75 Å². The van der Waals surface area contributed by atoms with E-state index < -0.39 is 0 Å². The molecule has 0 amide bonds. The van der Waals surface area contributed by atoms with Gasteiger partial charge in [-0.1, -0.05) is 24.3 Å². The summed E-state index contributed by atoms with van der Waals surface area (Å²) in [5.74, 6) is 0.716. The minimum atomic E-state index is 0.133. The van der Waals surface area contributed by atoms with Gasteiger partial charge < -0.3 is 10.8 Å². The molecule has 0 spiro atoms. The van der Waals surface area contributed by atoms with Crippen molar-refractivity contribution in [2.24, 2.45) is 0 Å². The van der Waals surface area contributed by atoms with Crippen molar-refractivity contribution >= 4 is 23.4 Å². The van der Waals surface area contributed by atoms with E-state index in [1.54, 1.807) is 18.2 Å². The summed E-state index contributed by atoms with van der Waals surface area (Å²) in [7, 11) is 0. The molecule has 0 heterocycles. The zero-order chi connectivity index (χ0) is 9.68. The number of alkyl halides is 1. The first-order chi connectivity index (χ1) is 6.25. The lowest BCUT2D eigenvalue weighted by atomic mass is 10.1. The van der Waals surface area contributed by atoms with E-state index in [0.717, 1.165) is 12.0 Å². The quantitative estimate of drug-likeness (QED) is 0.445. The minimum absolute atomic E-state index is 0.133. The molecule has 0 bridgehead atoms. The van der Waals surface area contributed by atoms with E-state index in [4.69, 9.17) is 17.3 Å². The fraction of sp³-hybridized carbons (Fsp3) is 0.200. The van der Waals surface area contributed by atoms with Crippen LogP contribution in [0, 0.1) is 0 Å². The molecular weight excluding hydrogens is 186 g/mol. The molecule has 0 fully saturated rings. The van der Waals surface area contributed by atoms with E-state index in [1.165, 1.54) is 0 Å². The maximum Gasteiger partial charge on any atom is 0.145 e. The number of phenolic OH excluding ortho intramolecular Hbond substituents is 1. The van der Waals surface area contributed by atoms with Gasteiger partial charge in [-0.3, -0.25) is 0 Å². The molecule has 0 radical (unpaired) electrons. The number of phenols is 1. The zero-order valence-corrected chi connectivity index (χ0v) is 7.96. The summed E-state index contributed by atoms with van der Waals surface area (Å²) in [6.07, 6.45) is 4.51. The van der Waals surface area contributed by atoms with Gasteiger partial charge >= 0.3 is 0 Å². The summed E-state index contributed by atoms with van der Waals surface area (Å²) in [5, 5.41) is 9.49. The molecule has 0 aliphatic carbocycles. The second kappa shape index (κ2) is 4.77. The van der Waals surface area contributed by atoms with Crippen LogP contribution in [0.25, 0.3) is 6.08 Å². The number of anilines is 1. The molecule has 0 saturated carbocycles. The number of allylic oxidation sites excluding steroid dienone is 1. The second-order valence-corrected chi connectivity index (χ2v) is 3.04. The third-order valence-electron chi connectivity index (χ3n) is 1.67. The Bertz CT molecular complexity index is 310. The molecule has 2 nitrogen and oxygen atoms in total. The van der Waals surface area contributed by atoms with Crippen LogP contribution in [0.3, 0.4) is 0 Å². The van der Waals surface area contributed by atoms with Crippen LogP contribution in [0.2, 0.25) is 0 Å². The highest BCUT2D eigenvalue weighted by atomic mass is 35.5. The second-order valence-electron chi connectivity index (χ2n) is 2.67. The minimum Gasteiger partial charge on any atom is -0.505 e. The molecule has 0 unspecified atom stereocenters. The van der Waals surface area contributed by atoms with Gasteiger partial charge in [0.2, 0.25) is 0 Å². The van der Waals surface area contributed by atoms with Crippen LogP contribution >= 0.6 is 11.6 Å². The highest BCUT2D eigenvalue weighted by Crippen LogP contribution is 2.25. The molecule has 0 aromatic heterocycles. The lowest BCUT2D eigenvalue weighted by molar-refractivity contribution is 0.476. The lowest BCUT2D eigenvalue weighted by Crippen LogP contribution is -1.86. The van der Waals surface area contributed by atoms with Crippen molar-refractivity contribution < 1.29 is 5.11 Å². The van der Waals surface area contributed by atoms with Crippen molar-refractivity contribution in [2.45, 2.75) is 6.42 Å². The Morgan fingerprint density at radius 1 is 1.46 bits per heavy atom. The molecule has 1 aromatic carbocycles. The first-order valence-electron chi connectivity index (χ1n) is 4.05. The van der Waals surface area contributed by atoms with E-state index in [0.29, 0.717) is 11.6 Å². The van der Waals surface area contributed by atoms with Gasteiger partial charge in [0.1, 0.15) is 5.75 Å². The van der Waals surface area contributed by atoms with Gasteiger partial charge in [0.15, 0.2) is 0 Å². The van der Waals surface area contributed by atoms with Gasteiger partial charge in [-0.05, 0) is 12.5 Å². The molecule has 13 heavy (non-hydrogen) atoms. The number of nitrogens with two attached hydrogens (primary N) is 1. The molecule has 0 aliphatic rings. The molecule has 0 aliphatic heterocycles. The summed E-state index contributed by atoms with van der Waals surface area (Å²) in [6, 6.07) is 5.26. The molecule has 0 atom stereocenters. The third-order valence-corrected chi connectivity index (χ3v) is 1.89. The van der Waals surface area contributed by atoms with Gasteiger partial charge in [-0.15, -0.1) is 11.6 Å². The number of para-hydroxylation sites is 1. The van der Waals surface area contributed by atoms with Gasteiger partial charge in [0, 0.05) is 11.4 Å². The SMILES string of the molecule is Nc1cccc(C=CCCCl)c1O. The number of hydrogen-bond donors (Lipinski definition) is 2. The van der Waals surface area contributed by atoms with Crippen LogP contribution in [0.15, 0.2) is 24.3 Å². The van der Waals surface area contributed by atoms with Gasteiger partial charge in [0.05, 0.1) is 5.69 Å². The Morgan fingerprint density at radius 2 is 2.23 bits per heavy atom. The van der Waals surface area contributed by atoms with E-state index >= 15 is 0 Å². The first-order valence-corrected chi connectivity index (χ1v) is 4.59. The highest BCUT2D eigenvalue weighted by molar-refractivity contribution is 6.17. The topological polar surface area (TPSA) is 46.2 Å². The molecule has 1 aromatic rings. The first kappa shape index (κ1) is 9.93. The van der Waals surface area contributed by atoms with Crippen molar-refractivity contribution in [3.63, 3.8) is 0 Å². The van der Waals surface area contributed by atoms with Gasteiger partial charge in [-0.25, -0.2) is 0 Å². The van der Waals surface area contributed by atoms with Crippen molar-refractivity contribution in [1.29, 1.82) is 0 Å². The molecule has 1 rings (SSSR count). The number of hydrogen-bond acceptors (Lipinski definition) is 2. The van der Waals surface area contributed by atoms with Crippen LogP contribution in [0.4, 0.5) is 5.69 Å². The maximum absolute atomic E-state index is 9.49. The Hall–Kier alpha value is -1.15. The smallest absolute Gasteiger partial charge is 0.145 e. The normalized spacial score (nSPS) is 10.8. The summed E-state index contributed by atoms with van der Waals surface area (Å²) in [5.41, 5.74) is 6.64. The molecule has 0 saturated heterocycles. The van der Waals surface area contributed by atoms with Crippen LogP contribution in [-0.2, 0) is 0 Å². The highest BCUT2D eigenvalue weighted by Gasteiger charge is 1.99. The van der Waals surface area contributed by atoms with Crippen LogP contribution in [-0.4, -0.2) is 11.0 Å². The molecule has 3 N–H and O–H groups in total. The predicted octanol–water partition coefficient (Wildman–Crippen LogP) is 2.62. The van der Waals surface area contributed by atoms with Gasteiger partial charge in [0.25, 0.3) is 0 Å². The fourth-order valence-electron chi connectivity index (χ4n) is 0.988. The van der Waals surface area contributed by atoms with E-state index in [1.807, 2.05) is 12.2 Å². The summed E-state index contributed by atoms with van der Waals surface area (Å²) in [6.45, 7) is 0. The summed E-state index contributed by atoms with van der Waals surface area (Å²) in [4.78, 5) is 0. The molecular formula is C10H12ClNO. The standard InChI is InChI=1S/C10H12ClNO/c11-7-2-1-4-8-5-3-6-9(12)10(8)13/h1,3-6,13H,2,7,12H2. The average Bonchev–Trinajstić information content (AvgIpc) is 2.13. The molecule has 3 heteroatoms. The number of halogens is 1. The largest absolute Gasteiger partial charge is 0.505 e. The Labute approximate surface area is 82.6 Å². The Morgan fingerprint density at radius 3 is 2.92 bits per heavy atom. The van der Waals surface area contributed by atoms with Crippen molar-refractivity contribution in [2.75, 3.05) is 11.6 Å². The van der Waals surface area contributed by atoms with Crippen LogP contribution in [0.5, 0.6) is 5.75 Å². The average molecular weight is 198 g/mol. The summed E-state index contributed by atoms with van der Waals surface area (Å²) >= 11 is 5.50. The number of benzene rings is 1. The Balaban J connectivity index is 2.83. The van der Waals surface area contributed by atoms with Crippen molar-refractivity contribution in [1.82, 2.24) is 0 Å². The number of nitrogen functional groups attached to an aromatic ring is 1. The van der Waals surface area contributed by atoms with Crippen molar-refractivity contribution in [3.8, 4) is 5.75 Å². The third kappa shape index (κ3) is 2.67. The Kier molecular flexibility index (Phi) is 3.65.